The first-order valence-corrected chi connectivity index (χ1v) is 11.5. The molecule has 2 heterocycles. The molecule has 1 aliphatic heterocycles. The Bertz CT molecular complexity index is 1370. The van der Waals surface area contributed by atoms with E-state index in [4.69, 9.17) is 0 Å². The number of aromatic nitrogens is 2. The molecular formula is C27H26ClF2N5O. The smallest absolute Gasteiger partial charge is 0.322 e. The third-order valence-electron chi connectivity index (χ3n) is 6.40. The van der Waals surface area contributed by atoms with Gasteiger partial charge in [0.15, 0.2) is 5.82 Å². The third kappa shape index (κ3) is 4.95. The SMILES string of the molecule is C[C@@H]1CN(C(=O)Nc2ccc(F)cc2)[C@@H](C)CN1c1nnc(-c2ccc(F)cc2)c2ccccc12.Cl. The van der Waals surface area contributed by atoms with Crippen LogP contribution in [0.4, 0.5) is 25.1 Å². The van der Waals surface area contributed by atoms with Gasteiger partial charge < -0.3 is 15.1 Å². The second-order valence-electron chi connectivity index (χ2n) is 8.86. The molecule has 6 nitrogen and oxygen atoms in total. The van der Waals surface area contributed by atoms with Gasteiger partial charge in [0.25, 0.3) is 0 Å². The zero-order chi connectivity index (χ0) is 24.5. The Morgan fingerprint density at radius 1 is 0.833 bits per heavy atom. The molecule has 1 aromatic heterocycles. The van der Waals surface area contributed by atoms with Crippen molar-refractivity contribution in [3.63, 3.8) is 0 Å². The van der Waals surface area contributed by atoms with E-state index >= 15 is 0 Å². The predicted molar refractivity (Wildman–Crippen MR) is 141 cm³/mol. The highest BCUT2D eigenvalue weighted by Crippen LogP contribution is 2.33. The summed E-state index contributed by atoms with van der Waals surface area (Å²) >= 11 is 0. The molecule has 1 aliphatic rings. The van der Waals surface area contributed by atoms with Crippen LogP contribution < -0.4 is 10.2 Å². The van der Waals surface area contributed by atoms with Crippen LogP contribution in [0.15, 0.2) is 72.8 Å². The van der Waals surface area contributed by atoms with Gasteiger partial charge in [-0.2, -0.15) is 0 Å². The van der Waals surface area contributed by atoms with Gasteiger partial charge >= 0.3 is 6.03 Å². The Balaban J connectivity index is 0.00000304. The van der Waals surface area contributed by atoms with Crippen LogP contribution in [0.3, 0.4) is 0 Å². The lowest BCUT2D eigenvalue weighted by Crippen LogP contribution is -2.59. The summed E-state index contributed by atoms with van der Waals surface area (Å²) in [7, 11) is 0. The van der Waals surface area contributed by atoms with Crippen LogP contribution >= 0.6 is 12.4 Å². The molecule has 36 heavy (non-hydrogen) atoms. The number of carbonyl (C=O) groups excluding carboxylic acids is 1. The summed E-state index contributed by atoms with van der Waals surface area (Å²) in [6.07, 6.45) is 0. The van der Waals surface area contributed by atoms with Gasteiger partial charge in [-0.15, -0.1) is 22.6 Å². The molecule has 0 aliphatic carbocycles. The van der Waals surface area contributed by atoms with Crippen LogP contribution in [0.1, 0.15) is 13.8 Å². The molecule has 4 aromatic rings. The zero-order valence-corrected chi connectivity index (χ0v) is 20.7. The van der Waals surface area contributed by atoms with Gasteiger partial charge in [0.05, 0.1) is 0 Å². The summed E-state index contributed by atoms with van der Waals surface area (Å²) in [4.78, 5) is 16.9. The molecule has 0 radical (unpaired) electrons. The normalized spacial score (nSPS) is 17.6. The fourth-order valence-corrected chi connectivity index (χ4v) is 4.56. The Morgan fingerprint density at radius 3 is 2.11 bits per heavy atom. The minimum absolute atomic E-state index is 0. The number of anilines is 2. The van der Waals surface area contributed by atoms with Crippen LogP contribution in [0.2, 0.25) is 0 Å². The first kappa shape index (κ1) is 25.3. The van der Waals surface area contributed by atoms with Gasteiger partial charge in [0.2, 0.25) is 0 Å². The Hall–Kier alpha value is -3.78. The standard InChI is InChI=1S/C27H25F2N5O.ClH/c1-17-16-34(27(35)30-22-13-11-21(29)12-14-22)18(2)15-33(17)26-24-6-4-3-5-23(24)25(31-32-26)19-7-9-20(28)10-8-19;/h3-14,17-18H,15-16H2,1-2H3,(H,30,35);1H/t17-,18+;/m1./s1. The molecule has 0 spiro atoms. The van der Waals surface area contributed by atoms with Crippen molar-refractivity contribution >= 4 is 40.7 Å². The van der Waals surface area contributed by atoms with Crippen molar-refractivity contribution in [3.8, 4) is 11.3 Å². The summed E-state index contributed by atoms with van der Waals surface area (Å²) in [6.45, 7) is 5.11. The number of carbonyl (C=O) groups is 1. The molecule has 0 bridgehead atoms. The molecule has 1 fully saturated rings. The maximum atomic E-state index is 13.4. The van der Waals surface area contributed by atoms with E-state index in [1.54, 1.807) is 29.2 Å². The lowest BCUT2D eigenvalue weighted by Gasteiger charge is -2.44. The number of fused-ring (bicyclic) bond motifs is 1. The molecule has 2 atom stereocenters. The highest BCUT2D eigenvalue weighted by atomic mass is 35.5. The van der Waals surface area contributed by atoms with Gasteiger partial charge in [0.1, 0.15) is 17.3 Å². The van der Waals surface area contributed by atoms with Crippen molar-refractivity contribution in [2.75, 3.05) is 23.3 Å². The van der Waals surface area contributed by atoms with Gasteiger partial charge in [-0.05, 0) is 62.4 Å². The average Bonchev–Trinajstić information content (AvgIpc) is 2.86. The molecule has 3 aromatic carbocycles. The fourth-order valence-electron chi connectivity index (χ4n) is 4.56. The van der Waals surface area contributed by atoms with E-state index in [-0.39, 0.29) is 42.2 Å². The van der Waals surface area contributed by atoms with Crippen molar-refractivity contribution in [1.29, 1.82) is 0 Å². The highest BCUT2D eigenvalue weighted by molar-refractivity contribution is 6.00. The monoisotopic (exact) mass is 509 g/mol. The highest BCUT2D eigenvalue weighted by Gasteiger charge is 2.34. The molecule has 1 saturated heterocycles. The van der Waals surface area contributed by atoms with Crippen LogP contribution in [0.25, 0.3) is 22.0 Å². The summed E-state index contributed by atoms with van der Waals surface area (Å²) < 4.78 is 26.6. The molecule has 0 unspecified atom stereocenters. The maximum Gasteiger partial charge on any atom is 0.322 e. The average molecular weight is 510 g/mol. The van der Waals surface area contributed by atoms with E-state index in [1.807, 2.05) is 38.1 Å². The van der Waals surface area contributed by atoms with Crippen LogP contribution in [-0.2, 0) is 0 Å². The molecule has 2 amide bonds. The predicted octanol–water partition coefficient (Wildman–Crippen LogP) is 6.13. The molecule has 0 saturated carbocycles. The molecule has 186 valence electrons. The summed E-state index contributed by atoms with van der Waals surface area (Å²) in [5, 5.41) is 13.8. The summed E-state index contributed by atoms with van der Waals surface area (Å²) in [6, 6.07) is 19.5. The van der Waals surface area contributed by atoms with E-state index in [9.17, 15) is 13.6 Å². The Kier molecular flexibility index (Phi) is 7.35. The largest absolute Gasteiger partial charge is 0.348 e. The van der Waals surface area contributed by atoms with E-state index in [0.29, 0.717) is 24.5 Å². The van der Waals surface area contributed by atoms with Gasteiger partial charge in [-0.3, -0.25) is 0 Å². The van der Waals surface area contributed by atoms with Gasteiger partial charge in [-0.1, -0.05) is 24.3 Å². The Labute approximate surface area is 214 Å². The second-order valence-corrected chi connectivity index (χ2v) is 8.86. The molecule has 1 N–H and O–H groups in total. The third-order valence-corrected chi connectivity index (χ3v) is 6.40. The number of hydrogen-bond donors (Lipinski definition) is 1. The number of amides is 2. The van der Waals surface area contributed by atoms with Gasteiger partial charge in [-0.25, -0.2) is 13.6 Å². The number of nitrogens with zero attached hydrogens (tertiary/aromatic N) is 4. The van der Waals surface area contributed by atoms with Crippen LogP contribution in [0, 0.1) is 11.6 Å². The topological polar surface area (TPSA) is 61.4 Å². The minimum atomic E-state index is -0.350. The van der Waals surface area contributed by atoms with E-state index in [0.717, 1.165) is 22.2 Å². The van der Waals surface area contributed by atoms with Crippen molar-refractivity contribution in [2.45, 2.75) is 25.9 Å². The van der Waals surface area contributed by atoms with Crippen LogP contribution in [-0.4, -0.2) is 46.3 Å². The number of piperazine rings is 1. The van der Waals surface area contributed by atoms with Gasteiger partial charge in [0, 0.05) is 47.2 Å². The zero-order valence-electron chi connectivity index (χ0n) is 19.9. The fraction of sp³-hybridized carbons (Fsp3) is 0.222. The number of nitrogens with one attached hydrogen (secondary N) is 1. The van der Waals surface area contributed by atoms with E-state index in [1.165, 1.54) is 24.3 Å². The van der Waals surface area contributed by atoms with Crippen molar-refractivity contribution in [2.24, 2.45) is 0 Å². The quantitative estimate of drug-likeness (QED) is 0.361. The molecule has 9 heteroatoms. The first-order chi connectivity index (χ1) is 16.9. The minimum Gasteiger partial charge on any atom is -0.348 e. The first-order valence-electron chi connectivity index (χ1n) is 11.5. The lowest BCUT2D eigenvalue weighted by molar-refractivity contribution is 0.173. The Morgan fingerprint density at radius 2 is 1.44 bits per heavy atom. The van der Waals surface area contributed by atoms with Crippen molar-refractivity contribution in [3.05, 3.63) is 84.4 Å². The van der Waals surface area contributed by atoms with Crippen molar-refractivity contribution < 1.29 is 13.6 Å². The number of benzene rings is 3. The molecule has 5 rings (SSSR count). The van der Waals surface area contributed by atoms with Crippen LogP contribution in [0.5, 0.6) is 0 Å². The number of halogens is 3. The van der Waals surface area contributed by atoms with E-state index in [2.05, 4.69) is 20.4 Å². The lowest BCUT2D eigenvalue weighted by atomic mass is 10.0. The van der Waals surface area contributed by atoms with Crippen molar-refractivity contribution in [1.82, 2.24) is 15.1 Å². The number of urea groups is 1. The maximum absolute atomic E-state index is 13.4. The summed E-state index contributed by atoms with van der Waals surface area (Å²) in [5.41, 5.74) is 2.04. The molecular weight excluding hydrogens is 484 g/mol. The number of hydrogen-bond acceptors (Lipinski definition) is 4. The van der Waals surface area contributed by atoms with E-state index < -0.39 is 0 Å². The number of rotatable bonds is 3. The second kappa shape index (κ2) is 10.5. The summed E-state index contributed by atoms with van der Waals surface area (Å²) in [5.74, 6) is 0.105.